The van der Waals surface area contributed by atoms with Crippen LogP contribution in [0, 0.1) is 13.8 Å². The van der Waals surface area contributed by atoms with Crippen LogP contribution in [0.4, 0.5) is 5.69 Å². The van der Waals surface area contributed by atoms with E-state index in [1.165, 1.54) is 9.80 Å². The van der Waals surface area contributed by atoms with Crippen molar-refractivity contribution in [2.75, 3.05) is 11.4 Å². The highest BCUT2D eigenvalue weighted by molar-refractivity contribution is 7.80. The summed E-state index contributed by atoms with van der Waals surface area (Å²) in [5, 5.41) is 1.25. The highest BCUT2D eigenvalue weighted by atomic mass is 35.5. The van der Waals surface area contributed by atoms with Crippen molar-refractivity contribution in [1.29, 1.82) is 0 Å². The van der Waals surface area contributed by atoms with Gasteiger partial charge >= 0.3 is 0 Å². The first-order chi connectivity index (χ1) is 16.2. The van der Waals surface area contributed by atoms with E-state index in [2.05, 4.69) is 0 Å². The van der Waals surface area contributed by atoms with Crippen LogP contribution in [0.5, 0.6) is 0 Å². The average molecular weight is 512 g/mol. The summed E-state index contributed by atoms with van der Waals surface area (Å²) in [6.07, 6.45) is 2.35. The average Bonchev–Trinajstić information content (AvgIpc) is 3.08. The number of aromatic nitrogens is 1. The minimum absolute atomic E-state index is 0.0633. The van der Waals surface area contributed by atoms with Crippen molar-refractivity contribution in [2.45, 2.75) is 27.2 Å². The molecule has 2 heterocycles. The van der Waals surface area contributed by atoms with Crippen LogP contribution in [0.2, 0.25) is 10.0 Å². The first-order valence-corrected chi connectivity index (χ1v) is 12.0. The van der Waals surface area contributed by atoms with Gasteiger partial charge in [-0.15, -0.1) is 0 Å². The normalized spacial score (nSPS) is 15.6. The largest absolute Gasteiger partial charge is 0.316 e. The summed E-state index contributed by atoms with van der Waals surface area (Å²) in [5.41, 5.74) is 3.95. The van der Waals surface area contributed by atoms with Gasteiger partial charge in [0.1, 0.15) is 5.57 Å². The molecular weight excluding hydrogens is 489 g/mol. The van der Waals surface area contributed by atoms with E-state index in [0.29, 0.717) is 28.7 Å². The third-order valence-electron chi connectivity index (χ3n) is 5.71. The number of carbonyl (C=O) groups is 2. The number of amides is 2. The number of aryl methyl sites for hydroxylation is 1. The lowest BCUT2D eigenvalue weighted by molar-refractivity contribution is -0.127. The zero-order valence-corrected chi connectivity index (χ0v) is 21.3. The topological polar surface area (TPSA) is 45.6 Å². The Bertz CT molecular complexity index is 1330. The van der Waals surface area contributed by atoms with Gasteiger partial charge < -0.3 is 4.57 Å². The number of nitrogens with zero attached hydrogens (tertiary/aromatic N) is 3. The van der Waals surface area contributed by atoms with E-state index in [4.69, 9.17) is 35.4 Å². The first kappa shape index (κ1) is 24.2. The third-order valence-corrected chi connectivity index (χ3v) is 6.65. The summed E-state index contributed by atoms with van der Waals surface area (Å²) in [6, 6.07) is 16.4. The van der Waals surface area contributed by atoms with Gasteiger partial charge in [-0.3, -0.25) is 19.4 Å². The van der Waals surface area contributed by atoms with E-state index in [9.17, 15) is 9.59 Å². The molecule has 1 saturated heterocycles. The van der Waals surface area contributed by atoms with Crippen LogP contribution < -0.4 is 4.90 Å². The van der Waals surface area contributed by atoms with Crippen molar-refractivity contribution in [2.24, 2.45) is 0 Å². The Kier molecular flexibility index (Phi) is 6.94. The molecule has 174 valence electrons. The van der Waals surface area contributed by atoms with Crippen molar-refractivity contribution in [3.05, 3.63) is 87.2 Å². The number of hydrogen-bond acceptors (Lipinski definition) is 3. The molecule has 3 aromatic rings. The van der Waals surface area contributed by atoms with E-state index in [1.807, 2.05) is 55.7 Å². The van der Waals surface area contributed by atoms with Crippen LogP contribution >= 0.6 is 35.4 Å². The smallest absolute Gasteiger partial charge is 0.270 e. The maximum absolute atomic E-state index is 13.5. The maximum Gasteiger partial charge on any atom is 0.270 e. The van der Waals surface area contributed by atoms with Crippen LogP contribution in [0.15, 0.2) is 60.2 Å². The van der Waals surface area contributed by atoms with E-state index in [0.717, 1.165) is 22.6 Å². The molecule has 1 aliphatic rings. The molecule has 4 rings (SSSR count). The highest BCUT2D eigenvalue weighted by Gasteiger charge is 2.40. The molecule has 1 aliphatic heterocycles. The number of carbonyl (C=O) groups excluding carboxylic acids is 2. The number of anilines is 1. The van der Waals surface area contributed by atoms with E-state index >= 15 is 0 Å². The Balaban J connectivity index is 1.83. The van der Waals surface area contributed by atoms with Crippen molar-refractivity contribution >= 4 is 64.1 Å². The molecule has 0 bridgehead atoms. The number of hydrogen-bond donors (Lipinski definition) is 0. The number of para-hydroxylation sites is 1. The van der Waals surface area contributed by atoms with Gasteiger partial charge in [0, 0.05) is 23.0 Å². The molecule has 1 fully saturated rings. The number of halogens is 2. The molecule has 0 spiro atoms. The van der Waals surface area contributed by atoms with Crippen LogP contribution in [-0.2, 0) is 9.59 Å². The Morgan fingerprint density at radius 3 is 2.32 bits per heavy atom. The number of benzene rings is 2. The lowest BCUT2D eigenvalue weighted by Gasteiger charge is -2.36. The van der Waals surface area contributed by atoms with Gasteiger partial charge in [0.25, 0.3) is 11.8 Å². The van der Waals surface area contributed by atoms with Gasteiger partial charge in [-0.25, -0.2) is 0 Å². The zero-order valence-electron chi connectivity index (χ0n) is 19.0. The van der Waals surface area contributed by atoms with Gasteiger partial charge in [0.05, 0.1) is 16.4 Å². The molecule has 8 heteroatoms. The lowest BCUT2D eigenvalue weighted by Crippen LogP contribution is -2.56. The maximum atomic E-state index is 13.5. The summed E-state index contributed by atoms with van der Waals surface area (Å²) < 4.78 is 1.98. The zero-order chi connectivity index (χ0) is 24.6. The van der Waals surface area contributed by atoms with Crippen LogP contribution in [0.1, 0.15) is 30.3 Å². The molecule has 34 heavy (non-hydrogen) atoms. The summed E-state index contributed by atoms with van der Waals surface area (Å²) in [4.78, 5) is 29.8. The van der Waals surface area contributed by atoms with Crippen LogP contribution in [0.25, 0.3) is 11.8 Å². The fourth-order valence-electron chi connectivity index (χ4n) is 4.12. The van der Waals surface area contributed by atoms with Gasteiger partial charge in [-0.1, -0.05) is 48.3 Å². The molecule has 0 N–H and O–H groups in total. The summed E-state index contributed by atoms with van der Waals surface area (Å²) in [7, 11) is 0. The fraction of sp³-hybridized carbons (Fsp3) is 0.192. The van der Waals surface area contributed by atoms with Crippen molar-refractivity contribution < 1.29 is 9.59 Å². The molecular formula is C26H23Cl2N3O2S. The van der Waals surface area contributed by atoms with Gasteiger partial charge in [0.15, 0.2) is 5.11 Å². The van der Waals surface area contributed by atoms with Crippen LogP contribution in [-0.4, -0.2) is 32.9 Å². The standard InChI is InChI=1S/C26H23Cl2N3O2S/c1-4-12-29-24(32)21(25(33)31(26(29)34)20-8-6-5-7-9-20)14-18-13-16(2)30(17(18)3)23-11-10-19(27)15-22(23)28/h5-11,13-15H,4,12H2,1-3H3/b21-14+. The molecule has 0 atom stereocenters. The van der Waals surface area contributed by atoms with Crippen LogP contribution in [0.3, 0.4) is 0 Å². The Hall–Kier alpha value is -2.93. The Labute approximate surface area is 214 Å². The molecule has 0 radical (unpaired) electrons. The van der Waals surface area contributed by atoms with E-state index in [-0.39, 0.29) is 10.7 Å². The molecule has 0 unspecified atom stereocenters. The fourth-order valence-corrected chi connectivity index (χ4v) is 4.98. The minimum atomic E-state index is -0.442. The Morgan fingerprint density at radius 2 is 1.68 bits per heavy atom. The van der Waals surface area contributed by atoms with E-state index in [1.54, 1.807) is 30.3 Å². The second-order valence-electron chi connectivity index (χ2n) is 8.03. The van der Waals surface area contributed by atoms with Gasteiger partial charge in [-0.05, 0) is 80.5 Å². The summed E-state index contributed by atoms with van der Waals surface area (Å²) in [5.74, 6) is -0.832. The van der Waals surface area contributed by atoms with Crippen molar-refractivity contribution in [1.82, 2.24) is 9.47 Å². The second kappa shape index (κ2) is 9.74. The Morgan fingerprint density at radius 1 is 0.971 bits per heavy atom. The predicted octanol–water partition coefficient (Wildman–Crippen LogP) is 6.35. The van der Waals surface area contributed by atoms with E-state index < -0.39 is 11.8 Å². The molecule has 1 aromatic heterocycles. The monoisotopic (exact) mass is 511 g/mol. The summed E-state index contributed by atoms with van der Waals surface area (Å²) in [6.45, 7) is 6.25. The van der Waals surface area contributed by atoms with Gasteiger partial charge in [0.2, 0.25) is 0 Å². The quantitative estimate of drug-likeness (QED) is 0.227. The van der Waals surface area contributed by atoms with Gasteiger partial charge in [-0.2, -0.15) is 0 Å². The molecule has 0 saturated carbocycles. The lowest BCUT2D eigenvalue weighted by atomic mass is 10.1. The molecule has 2 amide bonds. The van der Waals surface area contributed by atoms with Crippen molar-refractivity contribution in [3.63, 3.8) is 0 Å². The number of rotatable bonds is 5. The summed E-state index contributed by atoms with van der Waals surface area (Å²) >= 11 is 18.1. The highest BCUT2D eigenvalue weighted by Crippen LogP contribution is 2.31. The van der Waals surface area contributed by atoms with Crippen molar-refractivity contribution in [3.8, 4) is 5.69 Å². The molecule has 0 aliphatic carbocycles. The molecule has 5 nitrogen and oxygen atoms in total. The predicted molar refractivity (Wildman–Crippen MR) is 142 cm³/mol. The SMILES string of the molecule is CCCN1C(=O)/C(=C\c2cc(C)n(-c3ccc(Cl)cc3Cl)c2C)C(=O)N(c2ccccc2)C1=S. The second-order valence-corrected chi connectivity index (χ2v) is 9.24. The molecule has 2 aromatic carbocycles. The number of thiocarbonyl (C=S) groups is 1. The first-order valence-electron chi connectivity index (χ1n) is 10.9. The third kappa shape index (κ3) is 4.29. The minimum Gasteiger partial charge on any atom is -0.316 e.